The molecular weight excluding hydrogens is 356 g/mol. The van der Waals surface area contributed by atoms with Gasteiger partial charge in [-0.25, -0.2) is 0 Å². The maximum atomic E-state index is 12.5. The second kappa shape index (κ2) is 10.6. The van der Waals surface area contributed by atoms with Gasteiger partial charge in [-0.3, -0.25) is 9.59 Å². The summed E-state index contributed by atoms with van der Waals surface area (Å²) in [6.07, 6.45) is 0. The Kier molecular flexibility index (Phi) is 7.92. The number of nitrogens with one attached hydrogen (secondary N) is 2. The number of rotatable bonds is 8. The van der Waals surface area contributed by atoms with Gasteiger partial charge in [0, 0.05) is 24.2 Å². The Balaban J connectivity index is 2.01. The van der Waals surface area contributed by atoms with Crippen LogP contribution in [0.25, 0.3) is 0 Å². The molecule has 0 spiro atoms. The highest BCUT2D eigenvalue weighted by Crippen LogP contribution is 2.18. The molecule has 0 atom stereocenters. The van der Waals surface area contributed by atoms with Gasteiger partial charge in [0.25, 0.3) is 0 Å². The molecule has 2 N–H and O–H groups in total. The summed E-state index contributed by atoms with van der Waals surface area (Å²) in [6.45, 7) is 2.07. The maximum Gasteiger partial charge on any atom is 0.245 e. The van der Waals surface area contributed by atoms with Crippen molar-refractivity contribution in [2.24, 2.45) is 5.92 Å². The van der Waals surface area contributed by atoms with Crippen LogP contribution in [0.5, 0.6) is 11.5 Å². The Hall–Kier alpha value is -3.46. The molecule has 0 radical (unpaired) electrons. The number of hydrogen-bond donors (Lipinski definition) is 2. The first-order valence-electron chi connectivity index (χ1n) is 8.82. The smallest absolute Gasteiger partial charge is 0.245 e. The first-order chi connectivity index (χ1) is 13.6. The van der Waals surface area contributed by atoms with Gasteiger partial charge in [-0.15, -0.1) is 5.92 Å². The minimum Gasteiger partial charge on any atom is -0.496 e. The molecule has 0 aliphatic carbocycles. The van der Waals surface area contributed by atoms with Crippen molar-refractivity contribution in [3.8, 4) is 23.3 Å². The van der Waals surface area contributed by atoms with Crippen LogP contribution in [0.15, 0.2) is 48.5 Å². The van der Waals surface area contributed by atoms with Crippen LogP contribution in [0.1, 0.15) is 18.1 Å². The number of carbonyl (C=O) groups excluding carboxylic acids is 2. The molecule has 0 saturated carbocycles. The highest BCUT2D eigenvalue weighted by Gasteiger charge is 2.24. The third-order valence-electron chi connectivity index (χ3n) is 4.10. The van der Waals surface area contributed by atoms with E-state index in [9.17, 15) is 9.59 Å². The van der Waals surface area contributed by atoms with E-state index in [1.54, 1.807) is 21.1 Å². The summed E-state index contributed by atoms with van der Waals surface area (Å²) in [5.41, 5.74) is 1.63. The number of methoxy groups -OCH3 is 2. The summed E-state index contributed by atoms with van der Waals surface area (Å²) < 4.78 is 10.5. The maximum absolute atomic E-state index is 12.5. The summed E-state index contributed by atoms with van der Waals surface area (Å²) >= 11 is 0. The quantitative estimate of drug-likeness (QED) is 0.544. The second-order valence-electron chi connectivity index (χ2n) is 5.89. The summed E-state index contributed by atoms with van der Waals surface area (Å²) in [4.78, 5) is 25.1. The van der Waals surface area contributed by atoms with E-state index in [0.717, 1.165) is 11.1 Å². The molecule has 2 aromatic rings. The van der Waals surface area contributed by atoms with Crippen molar-refractivity contribution in [3.63, 3.8) is 0 Å². The van der Waals surface area contributed by atoms with E-state index in [1.165, 1.54) is 0 Å². The van der Waals surface area contributed by atoms with Gasteiger partial charge in [0.15, 0.2) is 5.92 Å². The van der Waals surface area contributed by atoms with Crippen LogP contribution in [-0.2, 0) is 22.7 Å². The van der Waals surface area contributed by atoms with Gasteiger partial charge in [0.2, 0.25) is 11.8 Å². The minimum atomic E-state index is -1.10. The largest absolute Gasteiger partial charge is 0.496 e. The Bertz CT molecular complexity index is 820. The lowest BCUT2D eigenvalue weighted by Gasteiger charge is -2.14. The zero-order chi connectivity index (χ0) is 20.4. The summed E-state index contributed by atoms with van der Waals surface area (Å²) in [5, 5.41) is 5.51. The van der Waals surface area contributed by atoms with Crippen molar-refractivity contribution in [2.45, 2.75) is 20.0 Å². The number of benzene rings is 2. The highest BCUT2D eigenvalue weighted by atomic mass is 16.5. The first kappa shape index (κ1) is 20.8. The van der Waals surface area contributed by atoms with Crippen LogP contribution in [0, 0.1) is 17.8 Å². The number of hydrogen-bond acceptors (Lipinski definition) is 4. The molecule has 6 nitrogen and oxygen atoms in total. The average Bonchev–Trinajstić information content (AvgIpc) is 2.74. The van der Waals surface area contributed by atoms with Gasteiger partial charge < -0.3 is 20.1 Å². The Labute approximate surface area is 165 Å². The van der Waals surface area contributed by atoms with E-state index in [4.69, 9.17) is 9.47 Å². The number of para-hydroxylation sites is 2. The SMILES string of the molecule is CC#CC(C(=O)NCc1ccccc1OC)C(=O)NCc1ccccc1OC. The molecular formula is C22H24N2O4. The predicted molar refractivity (Wildman–Crippen MR) is 107 cm³/mol. The lowest BCUT2D eigenvalue weighted by molar-refractivity contribution is -0.132. The first-order valence-corrected chi connectivity index (χ1v) is 8.82. The Morgan fingerprint density at radius 3 is 1.68 bits per heavy atom. The summed E-state index contributed by atoms with van der Waals surface area (Å²) in [5.74, 6) is 4.64. The van der Waals surface area contributed by atoms with Crippen LogP contribution in [0.4, 0.5) is 0 Å². The van der Waals surface area contributed by atoms with E-state index in [2.05, 4.69) is 22.5 Å². The minimum absolute atomic E-state index is 0.241. The van der Waals surface area contributed by atoms with Gasteiger partial charge >= 0.3 is 0 Å². The molecule has 28 heavy (non-hydrogen) atoms. The topological polar surface area (TPSA) is 76.7 Å². The van der Waals surface area contributed by atoms with Gasteiger partial charge in [-0.05, 0) is 19.1 Å². The fraction of sp³-hybridized carbons (Fsp3) is 0.273. The lowest BCUT2D eigenvalue weighted by atomic mass is 10.1. The fourth-order valence-corrected chi connectivity index (χ4v) is 2.66. The van der Waals surface area contributed by atoms with Crippen LogP contribution in [0.3, 0.4) is 0 Å². The Morgan fingerprint density at radius 1 is 0.857 bits per heavy atom. The fourth-order valence-electron chi connectivity index (χ4n) is 2.66. The van der Waals surface area contributed by atoms with Crippen molar-refractivity contribution in [3.05, 3.63) is 59.7 Å². The zero-order valence-electron chi connectivity index (χ0n) is 16.2. The van der Waals surface area contributed by atoms with E-state index in [-0.39, 0.29) is 13.1 Å². The van der Waals surface area contributed by atoms with Gasteiger partial charge in [-0.2, -0.15) is 0 Å². The number of ether oxygens (including phenoxy) is 2. The molecule has 0 aliphatic heterocycles. The summed E-state index contributed by atoms with van der Waals surface area (Å²) in [6, 6.07) is 14.7. The molecule has 6 heteroatoms. The van der Waals surface area contributed by atoms with Crippen LogP contribution in [-0.4, -0.2) is 26.0 Å². The Morgan fingerprint density at radius 2 is 1.29 bits per heavy atom. The highest BCUT2D eigenvalue weighted by molar-refractivity contribution is 6.03. The average molecular weight is 380 g/mol. The van der Waals surface area contributed by atoms with E-state index < -0.39 is 17.7 Å². The van der Waals surface area contributed by atoms with E-state index in [0.29, 0.717) is 11.5 Å². The molecule has 2 amide bonds. The normalized spacial score (nSPS) is 9.86. The van der Waals surface area contributed by atoms with Gasteiger partial charge in [0.1, 0.15) is 11.5 Å². The third-order valence-corrected chi connectivity index (χ3v) is 4.10. The van der Waals surface area contributed by atoms with E-state index >= 15 is 0 Å². The van der Waals surface area contributed by atoms with Crippen molar-refractivity contribution < 1.29 is 19.1 Å². The van der Waals surface area contributed by atoms with Crippen molar-refractivity contribution in [2.75, 3.05) is 14.2 Å². The number of carbonyl (C=O) groups is 2. The molecule has 2 aromatic carbocycles. The lowest BCUT2D eigenvalue weighted by Crippen LogP contribution is -2.40. The molecule has 0 bridgehead atoms. The molecule has 146 valence electrons. The van der Waals surface area contributed by atoms with Gasteiger partial charge in [-0.1, -0.05) is 42.3 Å². The standard InChI is InChI=1S/C22H24N2O4/c1-4-9-18(21(25)23-14-16-10-5-7-12-19(16)27-2)22(26)24-15-17-11-6-8-13-20(17)28-3/h5-8,10-13,18H,14-15H2,1-3H3,(H,23,25)(H,24,26). The van der Waals surface area contributed by atoms with Crippen molar-refractivity contribution >= 4 is 11.8 Å². The molecule has 0 aromatic heterocycles. The van der Waals surface area contributed by atoms with Crippen LogP contribution in [0.2, 0.25) is 0 Å². The number of amides is 2. The predicted octanol–water partition coefficient (Wildman–Crippen LogP) is 2.28. The van der Waals surface area contributed by atoms with Crippen molar-refractivity contribution in [1.29, 1.82) is 0 Å². The molecule has 0 unspecified atom stereocenters. The second-order valence-corrected chi connectivity index (χ2v) is 5.89. The molecule has 0 fully saturated rings. The third kappa shape index (κ3) is 5.52. The van der Waals surface area contributed by atoms with E-state index in [1.807, 2.05) is 48.5 Å². The van der Waals surface area contributed by atoms with Crippen LogP contribution < -0.4 is 20.1 Å². The monoisotopic (exact) mass is 380 g/mol. The van der Waals surface area contributed by atoms with Gasteiger partial charge in [0.05, 0.1) is 14.2 Å². The van der Waals surface area contributed by atoms with Crippen molar-refractivity contribution in [1.82, 2.24) is 10.6 Å². The molecule has 0 aliphatic rings. The zero-order valence-corrected chi connectivity index (χ0v) is 16.2. The molecule has 2 rings (SSSR count). The molecule has 0 heterocycles. The van der Waals surface area contributed by atoms with Crippen LogP contribution >= 0.6 is 0 Å². The summed E-state index contributed by atoms with van der Waals surface area (Å²) in [7, 11) is 3.13. The molecule has 0 saturated heterocycles.